The number of H-pyrrole nitrogens is 1. The Kier molecular flexibility index (Phi) is 4.62. The van der Waals surface area contributed by atoms with Crippen LogP contribution in [-0.4, -0.2) is 22.4 Å². The number of anilines is 1. The molecule has 0 fully saturated rings. The van der Waals surface area contributed by atoms with Crippen LogP contribution < -0.4 is 16.6 Å². The number of carbonyl (C=O) groups is 1. The second-order valence-corrected chi connectivity index (χ2v) is 5.19. The third kappa shape index (κ3) is 3.71. The zero-order valence-electron chi connectivity index (χ0n) is 11.0. The first-order valence-corrected chi connectivity index (χ1v) is 6.95. The molecule has 0 radical (unpaired) electrons. The molecule has 0 unspecified atom stereocenters. The van der Waals surface area contributed by atoms with Gasteiger partial charge in [-0.2, -0.15) is 13.2 Å². The van der Waals surface area contributed by atoms with Gasteiger partial charge in [-0.1, -0.05) is 0 Å². The lowest BCUT2D eigenvalue weighted by Crippen LogP contribution is -2.21. The van der Waals surface area contributed by atoms with Crippen LogP contribution in [0.25, 0.3) is 0 Å². The molecule has 2 aromatic rings. The van der Waals surface area contributed by atoms with Crippen LogP contribution in [0.2, 0.25) is 0 Å². The monoisotopic (exact) mass is 332 g/mol. The zero-order chi connectivity index (χ0) is 16.3. The van der Waals surface area contributed by atoms with Crippen LogP contribution in [0.1, 0.15) is 21.1 Å². The molecule has 0 aliphatic rings. The molecule has 0 atom stereocenters. The summed E-state index contributed by atoms with van der Waals surface area (Å²) >= 11 is 1.21. The highest BCUT2D eigenvalue weighted by atomic mass is 32.1. The largest absolute Gasteiger partial charge is 0.417 e. The van der Waals surface area contributed by atoms with Crippen LogP contribution in [0.4, 0.5) is 18.9 Å². The molecule has 10 heteroatoms. The molecule has 118 valence electrons. The van der Waals surface area contributed by atoms with Crippen LogP contribution in [0.5, 0.6) is 0 Å². The van der Waals surface area contributed by atoms with Gasteiger partial charge in [0, 0.05) is 18.0 Å². The molecule has 0 aliphatic carbocycles. The minimum atomic E-state index is -4.63. The number of rotatable bonds is 4. The first kappa shape index (κ1) is 16.2. The average molecular weight is 332 g/mol. The highest BCUT2D eigenvalue weighted by molar-refractivity contribution is 7.09. The molecule has 4 N–H and O–H groups in total. The Morgan fingerprint density at radius 2 is 2.18 bits per heavy atom. The Hall–Kier alpha value is -2.20. The number of aromatic amines is 1. The van der Waals surface area contributed by atoms with Gasteiger partial charge in [0.1, 0.15) is 11.4 Å². The Morgan fingerprint density at radius 3 is 2.82 bits per heavy atom. The lowest BCUT2D eigenvalue weighted by Gasteiger charge is -2.08. The van der Waals surface area contributed by atoms with E-state index in [2.05, 4.69) is 10.3 Å². The van der Waals surface area contributed by atoms with Crippen molar-refractivity contribution < 1.29 is 18.0 Å². The lowest BCUT2D eigenvalue weighted by molar-refractivity contribution is -0.137. The fraction of sp³-hybridized carbons (Fsp3) is 0.250. The lowest BCUT2D eigenvalue weighted by atomic mass is 10.2. The summed E-state index contributed by atoms with van der Waals surface area (Å²) in [6.45, 7) is 0.363. The summed E-state index contributed by atoms with van der Waals surface area (Å²) in [5, 5.41) is 4.20. The highest BCUT2D eigenvalue weighted by Gasteiger charge is 2.31. The molecule has 0 spiro atoms. The van der Waals surface area contributed by atoms with Gasteiger partial charge < -0.3 is 16.0 Å². The quantitative estimate of drug-likeness (QED) is 0.791. The molecule has 2 aromatic heterocycles. The topological polar surface area (TPSA) is 101 Å². The van der Waals surface area contributed by atoms with E-state index in [0.717, 1.165) is 0 Å². The molecule has 0 aliphatic heterocycles. The second-order valence-electron chi connectivity index (χ2n) is 4.25. The summed E-state index contributed by atoms with van der Waals surface area (Å²) in [7, 11) is 0. The number of nitrogens with one attached hydrogen (secondary N) is 2. The summed E-state index contributed by atoms with van der Waals surface area (Å²) in [5.74, 6) is -0.760. The van der Waals surface area contributed by atoms with E-state index >= 15 is 0 Å². The fourth-order valence-corrected chi connectivity index (χ4v) is 2.37. The van der Waals surface area contributed by atoms with Crippen molar-refractivity contribution in [2.45, 2.75) is 12.6 Å². The van der Waals surface area contributed by atoms with E-state index in [-0.39, 0.29) is 5.69 Å². The first-order valence-electron chi connectivity index (χ1n) is 6.07. The summed E-state index contributed by atoms with van der Waals surface area (Å²) in [6.07, 6.45) is -3.60. The molecule has 0 aromatic carbocycles. The maximum atomic E-state index is 12.6. The number of nitrogens with zero attached hydrogens (tertiary/aromatic N) is 1. The summed E-state index contributed by atoms with van der Waals surface area (Å²) < 4.78 is 37.8. The van der Waals surface area contributed by atoms with Crippen LogP contribution >= 0.6 is 11.3 Å². The van der Waals surface area contributed by atoms with Gasteiger partial charge in [0.25, 0.3) is 11.5 Å². The number of amides is 1. The van der Waals surface area contributed by atoms with E-state index in [1.807, 2.05) is 4.98 Å². The maximum Gasteiger partial charge on any atom is 0.417 e. The predicted molar refractivity (Wildman–Crippen MR) is 74.9 cm³/mol. The van der Waals surface area contributed by atoms with Gasteiger partial charge in [0.15, 0.2) is 0 Å². The van der Waals surface area contributed by atoms with Gasteiger partial charge in [-0.05, 0) is 12.6 Å². The van der Waals surface area contributed by atoms with Crippen molar-refractivity contribution in [1.29, 1.82) is 0 Å². The van der Waals surface area contributed by atoms with Crippen LogP contribution in [0.15, 0.2) is 22.4 Å². The minimum Gasteiger partial charge on any atom is -0.330 e. The Balaban J connectivity index is 2.22. The van der Waals surface area contributed by atoms with Crippen molar-refractivity contribution >= 4 is 22.9 Å². The van der Waals surface area contributed by atoms with Gasteiger partial charge in [-0.3, -0.25) is 9.59 Å². The predicted octanol–water partition coefficient (Wildman–Crippen LogP) is 1.60. The highest BCUT2D eigenvalue weighted by Crippen LogP contribution is 2.29. The molecule has 2 heterocycles. The van der Waals surface area contributed by atoms with Crippen LogP contribution in [-0.2, 0) is 12.6 Å². The van der Waals surface area contributed by atoms with E-state index in [0.29, 0.717) is 30.2 Å². The summed E-state index contributed by atoms with van der Waals surface area (Å²) in [5.41, 5.74) is 2.99. The number of alkyl halides is 3. The first-order chi connectivity index (χ1) is 10.3. The number of hydrogen-bond donors (Lipinski definition) is 3. The molecule has 0 saturated heterocycles. The maximum absolute atomic E-state index is 12.6. The zero-order valence-corrected chi connectivity index (χ0v) is 11.8. The second kappa shape index (κ2) is 6.28. The molecule has 22 heavy (non-hydrogen) atoms. The molecular weight excluding hydrogens is 321 g/mol. The molecule has 0 bridgehead atoms. The Bertz CT molecular complexity index is 738. The van der Waals surface area contributed by atoms with E-state index in [1.54, 1.807) is 0 Å². The summed E-state index contributed by atoms with van der Waals surface area (Å²) in [6, 6.07) is 0.573. The number of aromatic nitrogens is 2. The fourth-order valence-electron chi connectivity index (χ4n) is 1.58. The molecule has 1 amide bonds. The minimum absolute atomic E-state index is 0.0188. The summed E-state index contributed by atoms with van der Waals surface area (Å²) in [4.78, 5) is 29.3. The van der Waals surface area contributed by atoms with E-state index in [4.69, 9.17) is 5.73 Å². The van der Waals surface area contributed by atoms with Crippen molar-refractivity contribution in [3.05, 3.63) is 44.3 Å². The number of halogens is 3. The number of pyridine rings is 1. The van der Waals surface area contributed by atoms with E-state index in [1.165, 1.54) is 16.7 Å². The van der Waals surface area contributed by atoms with Crippen molar-refractivity contribution in [3.63, 3.8) is 0 Å². The van der Waals surface area contributed by atoms with E-state index in [9.17, 15) is 22.8 Å². The normalized spacial score (nSPS) is 11.5. The van der Waals surface area contributed by atoms with Gasteiger partial charge in [-0.15, -0.1) is 11.3 Å². The van der Waals surface area contributed by atoms with Gasteiger partial charge in [0.2, 0.25) is 0 Å². The van der Waals surface area contributed by atoms with Crippen LogP contribution in [0.3, 0.4) is 0 Å². The molecule has 6 nitrogen and oxygen atoms in total. The van der Waals surface area contributed by atoms with Crippen LogP contribution in [0, 0.1) is 0 Å². The van der Waals surface area contributed by atoms with Crippen molar-refractivity contribution in [2.24, 2.45) is 5.73 Å². The molecule has 2 rings (SSSR count). The van der Waals surface area contributed by atoms with Crippen molar-refractivity contribution in [2.75, 3.05) is 11.9 Å². The Labute approximate surface area is 126 Å². The van der Waals surface area contributed by atoms with Gasteiger partial charge in [-0.25, -0.2) is 4.98 Å². The smallest absolute Gasteiger partial charge is 0.330 e. The third-order valence-electron chi connectivity index (χ3n) is 2.62. The SMILES string of the molecule is NCCc1nc(C(=O)Nc2cc(C(F)(F)F)c[nH]c2=O)cs1. The standard InChI is InChI=1S/C12H11F3N4O2S/c13-12(14,15)6-3-7(10(20)17-4-6)19-11(21)8-5-22-9(18-8)1-2-16/h3-5H,1-2,16H2,(H,17,20)(H,19,21). The van der Waals surface area contributed by atoms with E-state index < -0.39 is 28.9 Å². The van der Waals surface area contributed by atoms with Crippen molar-refractivity contribution in [3.8, 4) is 0 Å². The van der Waals surface area contributed by atoms with Gasteiger partial charge in [0.05, 0.1) is 10.6 Å². The molecular formula is C12H11F3N4O2S. The average Bonchev–Trinajstić information content (AvgIpc) is 2.89. The van der Waals surface area contributed by atoms with Gasteiger partial charge >= 0.3 is 6.18 Å². The Morgan fingerprint density at radius 1 is 1.45 bits per heavy atom. The number of nitrogens with two attached hydrogens (primary N) is 1. The third-order valence-corrected chi connectivity index (χ3v) is 3.53. The number of thiazole rings is 1. The number of hydrogen-bond acceptors (Lipinski definition) is 5. The molecule has 0 saturated carbocycles. The number of carbonyl (C=O) groups excluding carboxylic acids is 1. The van der Waals surface area contributed by atoms with Crippen molar-refractivity contribution in [1.82, 2.24) is 9.97 Å².